The van der Waals surface area contributed by atoms with Gasteiger partial charge in [0, 0.05) is 0 Å². The van der Waals surface area contributed by atoms with Crippen molar-refractivity contribution >= 4 is 13.6 Å². The van der Waals surface area contributed by atoms with Gasteiger partial charge in [0.15, 0.2) is 0 Å². The highest BCUT2D eigenvalue weighted by Gasteiger charge is 2.12. The number of rotatable bonds is 6. The summed E-state index contributed by atoms with van der Waals surface area (Å²) in [5.74, 6) is -1.18. The smallest absolute Gasteiger partial charge is 0.333 e. The summed E-state index contributed by atoms with van der Waals surface area (Å²) in [6.07, 6.45) is -0.417. The Morgan fingerprint density at radius 3 is 2.38 bits per heavy atom. The summed E-state index contributed by atoms with van der Waals surface area (Å²) in [6, 6.07) is 0. The third-order valence-electron chi connectivity index (χ3n) is 1.11. The molecule has 0 bridgehead atoms. The van der Waals surface area contributed by atoms with Crippen LogP contribution in [0.25, 0.3) is 0 Å². The van der Waals surface area contributed by atoms with Crippen LogP contribution in [0.2, 0.25) is 0 Å². The summed E-state index contributed by atoms with van der Waals surface area (Å²) in [7, 11) is -4.05. The summed E-state index contributed by atoms with van der Waals surface area (Å²) in [6.45, 7) is 2.76. The van der Waals surface area contributed by atoms with E-state index in [1.807, 2.05) is 0 Å². The van der Waals surface area contributed by atoms with E-state index in [4.69, 9.17) is 14.9 Å². The van der Waals surface area contributed by atoms with Crippen LogP contribution in [0.5, 0.6) is 0 Å². The molecule has 0 heterocycles. The minimum absolute atomic E-state index is 0.147. The van der Waals surface area contributed by atoms with Crippen LogP contribution in [-0.2, 0) is 14.1 Å². The van der Waals surface area contributed by atoms with Gasteiger partial charge in [-0.1, -0.05) is 6.58 Å². The van der Waals surface area contributed by atoms with Crippen molar-refractivity contribution in [2.24, 2.45) is 0 Å². The number of carboxylic acid groups (broad SMARTS) is 1. The van der Waals surface area contributed by atoms with E-state index in [9.17, 15) is 9.36 Å². The number of carboxylic acids is 1. The van der Waals surface area contributed by atoms with Gasteiger partial charge in [0.05, 0.1) is 24.9 Å². The largest absolute Gasteiger partial charge is 0.478 e. The second-order valence-electron chi connectivity index (χ2n) is 2.35. The molecule has 7 heteroatoms. The Balaban J connectivity index is 3.53. The zero-order chi connectivity index (χ0) is 10.5. The van der Waals surface area contributed by atoms with Gasteiger partial charge >= 0.3 is 13.6 Å². The molecule has 13 heavy (non-hydrogen) atoms. The van der Waals surface area contributed by atoms with E-state index in [-0.39, 0.29) is 18.8 Å². The Morgan fingerprint density at radius 1 is 1.46 bits per heavy atom. The van der Waals surface area contributed by atoms with Gasteiger partial charge in [-0.25, -0.2) is 4.79 Å². The van der Waals surface area contributed by atoms with Gasteiger partial charge < -0.3 is 19.6 Å². The lowest BCUT2D eigenvalue weighted by molar-refractivity contribution is -0.133. The molecule has 0 aromatic rings. The molecule has 6 nitrogen and oxygen atoms in total. The van der Waals surface area contributed by atoms with Crippen molar-refractivity contribution in [1.82, 2.24) is 0 Å². The Kier molecular flexibility index (Phi) is 4.87. The van der Waals surface area contributed by atoms with Crippen LogP contribution < -0.4 is 0 Å². The van der Waals surface area contributed by atoms with Crippen LogP contribution in [-0.4, -0.2) is 40.2 Å². The van der Waals surface area contributed by atoms with Crippen LogP contribution in [0.4, 0.5) is 0 Å². The van der Waals surface area contributed by atoms with E-state index in [1.54, 1.807) is 0 Å². The van der Waals surface area contributed by atoms with Crippen LogP contribution in [0.3, 0.4) is 0 Å². The highest BCUT2D eigenvalue weighted by molar-refractivity contribution is 7.51. The van der Waals surface area contributed by atoms with Crippen molar-refractivity contribution in [1.29, 1.82) is 0 Å². The first-order valence-corrected chi connectivity index (χ1v) is 5.16. The topological polar surface area (TPSA) is 104 Å². The predicted octanol–water partition coefficient (Wildman–Crippen LogP) is -0.179. The molecular weight excluding hydrogens is 199 g/mol. The summed E-state index contributed by atoms with van der Waals surface area (Å²) in [4.78, 5) is 26.9. The lowest BCUT2D eigenvalue weighted by Gasteiger charge is -2.04. The molecule has 3 N–H and O–H groups in total. The Morgan fingerprint density at radius 2 is 2.00 bits per heavy atom. The molecule has 0 aliphatic heterocycles. The van der Waals surface area contributed by atoms with E-state index in [1.165, 1.54) is 0 Å². The van der Waals surface area contributed by atoms with Crippen LogP contribution in [0, 0.1) is 0 Å². The molecule has 0 atom stereocenters. The molecule has 0 aliphatic rings. The molecule has 0 aromatic carbocycles. The number of hydrogen-bond donors (Lipinski definition) is 3. The summed E-state index contributed by atoms with van der Waals surface area (Å²) in [5.41, 5.74) is -0.147. The van der Waals surface area contributed by atoms with Crippen molar-refractivity contribution < 1.29 is 29.0 Å². The molecular formula is C6H11O6P. The predicted molar refractivity (Wildman–Crippen MR) is 44.5 cm³/mol. The monoisotopic (exact) mass is 210 g/mol. The molecule has 0 amide bonds. The fraction of sp³-hybridized carbons (Fsp3) is 0.500. The number of hydrogen-bond acceptors (Lipinski definition) is 3. The molecule has 0 spiro atoms. The molecule has 0 fully saturated rings. The van der Waals surface area contributed by atoms with Crippen molar-refractivity contribution in [2.45, 2.75) is 0 Å². The Labute approximate surface area is 75.0 Å². The molecule has 0 aromatic heterocycles. The third-order valence-corrected chi connectivity index (χ3v) is 1.87. The maximum atomic E-state index is 10.3. The Hall–Kier alpha value is -0.680. The van der Waals surface area contributed by atoms with Gasteiger partial charge in [-0.3, -0.25) is 4.57 Å². The van der Waals surface area contributed by atoms with Crippen LogP contribution in [0.15, 0.2) is 12.2 Å². The van der Waals surface area contributed by atoms with Gasteiger partial charge in [-0.2, -0.15) is 0 Å². The minimum Gasteiger partial charge on any atom is -0.478 e. The summed E-state index contributed by atoms with van der Waals surface area (Å²) < 4.78 is 14.9. The SMILES string of the molecule is C=C(COCCP(=O)(O)O)C(=O)O. The molecule has 0 rings (SSSR count). The van der Waals surface area contributed by atoms with Crippen molar-refractivity contribution in [3.05, 3.63) is 12.2 Å². The quantitative estimate of drug-likeness (QED) is 0.319. The first-order chi connectivity index (χ1) is 5.83. The van der Waals surface area contributed by atoms with Crippen LogP contribution >= 0.6 is 7.60 Å². The summed E-state index contributed by atoms with van der Waals surface area (Å²) >= 11 is 0. The zero-order valence-electron chi connectivity index (χ0n) is 6.84. The van der Waals surface area contributed by atoms with E-state index in [0.29, 0.717) is 0 Å². The van der Waals surface area contributed by atoms with E-state index >= 15 is 0 Å². The molecule has 0 aliphatic carbocycles. The maximum Gasteiger partial charge on any atom is 0.333 e. The molecule has 76 valence electrons. The lowest BCUT2D eigenvalue weighted by Crippen LogP contribution is -2.09. The molecule has 0 saturated heterocycles. The lowest BCUT2D eigenvalue weighted by atomic mass is 10.3. The second-order valence-corrected chi connectivity index (χ2v) is 4.13. The number of carbonyl (C=O) groups is 1. The van der Waals surface area contributed by atoms with Crippen molar-refractivity contribution in [2.75, 3.05) is 19.4 Å². The van der Waals surface area contributed by atoms with E-state index in [2.05, 4.69) is 11.3 Å². The fourth-order valence-electron chi connectivity index (χ4n) is 0.441. The van der Waals surface area contributed by atoms with E-state index < -0.39 is 19.7 Å². The second kappa shape index (κ2) is 5.14. The van der Waals surface area contributed by atoms with E-state index in [0.717, 1.165) is 0 Å². The highest BCUT2D eigenvalue weighted by Crippen LogP contribution is 2.33. The average molecular weight is 210 g/mol. The highest BCUT2D eigenvalue weighted by atomic mass is 31.2. The van der Waals surface area contributed by atoms with Gasteiger partial charge in [0.2, 0.25) is 0 Å². The molecule has 0 saturated carbocycles. The van der Waals surface area contributed by atoms with Gasteiger partial charge in [-0.15, -0.1) is 0 Å². The standard InChI is InChI=1S/C6H11O6P/c1-5(6(7)8)4-12-2-3-13(9,10)11/h1-4H2,(H,7,8)(H2,9,10,11). The first-order valence-electron chi connectivity index (χ1n) is 3.36. The van der Waals surface area contributed by atoms with Crippen LogP contribution in [0.1, 0.15) is 0 Å². The summed E-state index contributed by atoms with van der Waals surface area (Å²) in [5, 5.41) is 8.31. The number of ether oxygens (including phenoxy) is 1. The normalized spacial score (nSPS) is 11.2. The minimum atomic E-state index is -4.05. The van der Waals surface area contributed by atoms with Gasteiger partial charge in [-0.05, 0) is 0 Å². The fourth-order valence-corrected chi connectivity index (χ4v) is 0.808. The number of aliphatic carboxylic acids is 1. The Bertz CT molecular complexity index is 242. The van der Waals surface area contributed by atoms with Crippen molar-refractivity contribution in [3.63, 3.8) is 0 Å². The first kappa shape index (κ1) is 12.3. The average Bonchev–Trinajstić information content (AvgIpc) is 1.95. The molecule has 0 radical (unpaired) electrons. The maximum absolute atomic E-state index is 10.3. The van der Waals surface area contributed by atoms with Crippen molar-refractivity contribution in [3.8, 4) is 0 Å². The molecule has 0 unspecified atom stereocenters. The zero-order valence-corrected chi connectivity index (χ0v) is 7.74. The third kappa shape index (κ3) is 7.67. The van der Waals surface area contributed by atoms with Gasteiger partial charge in [0.1, 0.15) is 0 Å². The van der Waals surface area contributed by atoms with Gasteiger partial charge in [0.25, 0.3) is 0 Å².